The van der Waals surface area contributed by atoms with E-state index in [1.54, 1.807) is 4.72 Å². The van der Waals surface area contributed by atoms with Gasteiger partial charge < -0.3 is 15.4 Å². The van der Waals surface area contributed by atoms with Crippen molar-refractivity contribution in [3.63, 3.8) is 0 Å². The zero-order chi connectivity index (χ0) is 30.7. The molecule has 43 heavy (non-hydrogen) atoms. The van der Waals surface area contributed by atoms with Crippen LogP contribution in [0.3, 0.4) is 0 Å². The topological polar surface area (TPSA) is 118 Å². The van der Waals surface area contributed by atoms with Crippen LogP contribution < -0.4 is 20.1 Å². The number of anilines is 2. The molecule has 0 amide bonds. The quantitative estimate of drug-likeness (QED) is 0.160. The molecule has 226 valence electrons. The van der Waals surface area contributed by atoms with Gasteiger partial charge in [-0.2, -0.15) is 4.39 Å². The summed E-state index contributed by atoms with van der Waals surface area (Å²) in [5, 5.41) is 5.76. The number of nitrogens with zero attached hydrogens (tertiary/aromatic N) is 3. The first kappa shape index (κ1) is 30.4. The van der Waals surface area contributed by atoms with Crippen LogP contribution in [0.2, 0.25) is 5.02 Å². The second-order valence-electron chi connectivity index (χ2n) is 9.48. The fourth-order valence-corrected chi connectivity index (χ4v) is 5.88. The molecule has 1 aliphatic rings. The SMILES string of the molecule is O=S(=O)(Cc1c(F)cccc1Cl)Nc1c(F)cc(Oc2ncccc2-c2ccnc(NC3CNC[C@@H](F)C3)n2)c(F)c1F. The van der Waals surface area contributed by atoms with Gasteiger partial charge in [0.2, 0.25) is 27.7 Å². The van der Waals surface area contributed by atoms with Crippen molar-refractivity contribution >= 4 is 33.3 Å². The van der Waals surface area contributed by atoms with Crippen LogP contribution in [0, 0.1) is 23.3 Å². The van der Waals surface area contributed by atoms with Gasteiger partial charge in [0.1, 0.15) is 17.7 Å². The van der Waals surface area contributed by atoms with E-state index >= 15 is 4.39 Å². The van der Waals surface area contributed by atoms with Gasteiger partial charge in [0.15, 0.2) is 17.4 Å². The average Bonchev–Trinajstić information content (AvgIpc) is 2.96. The van der Waals surface area contributed by atoms with E-state index in [2.05, 4.69) is 25.6 Å². The molecule has 4 aromatic rings. The summed E-state index contributed by atoms with van der Waals surface area (Å²) in [6, 6.07) is 8.13. The Hall–Kier alpha value is -4.08. The molecule has 1 unspecified atom stereocenters. The summed E-state index contributed by atoms with van der Waals surface area (Å²) < 4.78 is 105. The van der Waals surface area contributed by atoms with Crippen molar-refractivity contribution in [1.82, 2.24) is 20.3 Å². The molecule has 5 rings (SSSR count). The van der Waals surface area contributed by atoms with Crippen molar-refractivity contribution in [2.24, 2.45) is 0 Å². The number of alkyl halides is 1. The minimum Gasteiger partial charge on any atom is -0.435 e. The Morgan fingerprint density at radius 3 is 2.58 bits per heavy atom. The van der Waals surface area contributed by atoms with Gasteiger partial charge in [0.25, 0.3) is 0 Å². The van der Waals surface area contributed by atoms with Gasteiger partial charge in [0, 0.05) is 54.6 Å². The van der Waals surface area contributed by atoms with Crippen molar-refractivity contribution < 1.29 is 35.1 Å². The van der Waals surface area contributed by atoms with E-state index in [0.717, 1.165) is 6.07 Å². The van der Waals surface area contributed by atoms with Gasteiger partial charge in [-0.3, -0.25) is 4.72 Å². The predicted molar refractivity (Wildman–Crippen MR) is 149 cm³/mol. The molecule has 0 bridgehead atoms. The Morgan fingerprint density at radius 1 is 1.00 bits per heavy atom. The van der Waals surface area contributed by atoms with Crippen LogP contribution >= 0.6 is 11.6 Å². The molecule has 9 nitrogen and oxygen atoms in total. The van der Waals surface area contributed by atoms with E-state index in [0.29, 0.717) is 12.6 Å². The standard InChI is InChI=1S/C27H22ClF5N6O3S/c28-18-4-1-5-19(30)17(18)13-43(40,41)39-25-20(31)10-22(23(32)24(25)33)42-26-16(3-2-7-35-26)21-6-8-36-27(38-21)37-15-9-14(29)11-34-12-15/h1-8,10,14-15,34,39H,9,11-13H2,(H,36,37,38)/t14-,15?/m0/s1. The zero-order valence-electron chi connectivity index (χ0n) is 21.9. The molecular weight excluding hydrogens is 619 g/mol. The highest BCUT2D eigenvalue weighted by atomic mass is 35.5. The lowest BCUT2D eigenvalue weighted by atomic mass is 10.1. The first-order chi connectivity index (χ1) is 20.5. The van der Waals surface area contributed by atoms with Crippen LogP contribution in [-0.2, 0) is 15.8 Å². The molecule has 2 aromatic carbocycles. The molecule has 2 aromatic heterocycles. The summed E-state index contributed by atoms with van der Waals surface area (Å²) in [5.41, 5.74) is -1.33. The van der Waals surface area contributed by atoms with Crippen molar-refractivity contribution in [3.8, 4) is 22.9 Å². The molecule has 2 atom stereocenters. The van der Waals surface area contributed by atoms with Crippen LogP contribution in [0.15, 0.2) is 54.9 Å². The van der Waals surface area contributed by atoms with Crippen LogP contribution in [0.4, 0.5) is 33.6 Å². The number of halogens is 6. The van der Waals surface area contributed by atoms with Crippen molar-refractivity contribution in [2.45, 2.75) is 24.4 Å². The molecule has 0 radical (unpaired) electrons. The fourth-order valence-electron chi connectivity index (χ4n) is 4.32. The normalized spacial score (nSPS) is 17.0. The van der Waals surface area contributed by atoms with Crippen LogP contribution in [0.1, 0.15) is 12.0 Å². The molecule has 0 aliphatic carbocycles. The van der Waals surface area contributed by atoms with Gasteiger partial charge in [-0.05, 0) is 30.3 Å². The maximum Gasteiger partial charge on any atom is 0.237 e. The number of pyridine rings is 1. The largest absolute Gasteiger partial charge is 0.435 e. The third kappa shape index (κ3) is 7.12. The number of ether oxygens (including phenoxy) is 1. The Labute approximate surface area is 247 Å². The lowest BCUT2D eigenvalue weighted by Crippen LogP contribution is -2.44. The number of hydrogen-bond donors (Lipinski definition) is 3. The van der Waals surface area contributed by atoms with Gasteiger partial charge in [-0.15, -0.1) is 0 Å². The molecule has 3 N–H and O–H groups in total. The highest BCUT2D eigenvalue weighted by Gasteiger charge is 2.27. The smallest absolute Gasteiger partial charge is 0.237 e. The Balaban J connectivity index is 1.38. The first-order valence-electron chi connectivity index (χ1n) is 12.7. The molecule has 3 heterocycles. The molecular formula is C27H22ClF5N6O3S. The van der Waals surface area contributed by atoms with Crippen molar-refractivity contribution in [1.29, 1.82) is 0 Å². The maximum atomic E-state index is 15.1. The molecule has 0 saturated carbocycles. The van der Waals surface area contributed by atoms with Gasteiger partial charge >= 0.3 is 0 Å². The number of benzene rings is 2. The second-order valence-corrected chi connectivity index (χ2v) is 11.6. The highest BCUT2D eigenvalue weighted by Crippen LogP contribution is 2.36. The number of hydrogen-bond acceptors (Lipinski definition) is 8. The summed E-state index contributed by atoms with van der Waals surface area (Å²) in [5.74, 6) is -8.23. The monoisotopic (exact) mass is 640 g/mol. The summed E-state index contributed by atoms with van der Waals surface area (Å²) >= 11 is 5.85. The third-order valence-electron chi connectivity index (χ3n) is 6.32. The Morgan fingerprint density at radius 2 is 1.81 bits per heavy atom. The van der Waals surface area contributed by atoms with E-state index in [4.69, 9.17) is 16.3 Å². The fraction of sp³-hybridized carbons (Fsp3) is 0.222. The molecule has 1 aliphatic heterocycles. The summed E-state index contributed by atoms with van der Waals surface area (Å²) in [4.78, 5) is 12.5. The molecule has 1 fully saturated rings. The average molecular weight is 641 g/mol. The Bertz CT molecular complexity index is 1750. The van der Waals surface area contributed by atoms with E-state index < -0.39 is 62.2 Å². The van der Waals surface area contributed by atoms with Crippen LogP contribution in [-0.4, -0.2) is 48.7 Å². The Kier molecular flexibility index (Phi) is 8.94. The lowest BCUT2D eigenvalue weighted by molar-refractivity contribution is 0.254. The van der Waals surface area contributed by atoms with Crippen molar-refractivity contribution in [3.05, 3.63) is 88.7 Å². The number of aromatic nitrogens is 3. The lowest BCUT2D eigenvalue weighted by Gasteiger charge is -2.26. The number of rotatable bonds is 9. The van der Waals surface area contributed by atoms with E-state index in [1.165, 1.54) is 42.7 Å². The van der Waals surface area contributed by atoms with Crippen LogP contribution in [0.5, 0.6) is 11.6 Å². The van der Waals surface area contributed by atoms with Crippen molar-refractivity contribution in [2.75, 3.05) is 23.1 Å². The zero-order valence-corrected chi connectivity index (χ0v) is 23.5. The number of piperidine rings is 1. The molecule has 1 saturated heterocycles. The summed E-state index contributed by atoms with van der Waals surface area (Å²) in [7, 11) is -4.65. The first-order valence-corrected chi connectivity index (χ1v) is 14.7. The summed E-state index contributed by atoms with van der Waals surface area (Å²) in [6.45, 7) is 0.747. The number of nitrogens with one attached hydrogen (secondary N) is 3. The minimum atomic E-state index is -4.65. The van der Waals surface area contributed by atoms with E-state index in [-0.39, 0.29) is 47.1 Å². The second kappa shape index (κ2) is 12.7. The van der Waals surface area contributed by atoms with Gasteiger partial charge in [-0.25, -0.2) is 40.9 Å². The number of sulfonamides is 1. The predicted octanol–water partition coefficient (Wildman–Crippen LogP) is 5.59. The molecule has 16 heteroatoms. The van der Waals surface area contributed by atoms with E-state index in [1.807, 2.05) is 0 Å². The molecule has 0 spiro atoms. The highest BCUT2D eigenvalue weighted by molar-refractivity contribution is 7.91. The minimum absolute atomic E-state index is 0.171. The third-order valence-corrected chi connectivity index (χ3v) is 7.86. The summed E-state index contributed by atoms with van der Waals surface area (Å²) in [6.07, 6.45) is 1.92. The maximum absolute atomic E-state index is 15.1. The van der Waals surface area contributed by atoms with E-state index in [9.17, 15) is 26.0 Å². The van der Waals surface area contributed by atoms with Gasteiger partial charge in [-0.1, -0.05) is 17.7 Å². The van der Waals surface area contributed by atoms with Crippen LogP contribution in [0.25, 0.3) is 11.3 Å². The van der Waals surface area contributed by atoms with Gasteiger partial charge in [0.05, 0.1) is 17.0 Å².